The number of anilines is 1. The molecule has 0 aliphatic carbocycles. The van der Waals surface area contributed by atoms with Crippen LogP contribution in [-0.2, 0) is 26.2 Å². The molecule has 2 aromatic carbocycles. The van der Waals surface area contributed by atoms with Crippen molar-refractivity contribution < 1.29 is 18.0 Å². The summed E-state index contributed by atoms with van der Waals surface area (Å²) in [7, 11) is -3.73. The minimum atomic E-state index is -3.73. The molecule has 0 radical (unpaired) electrons. The number of halogens is 1. The Morgan fingerprint density at radius 1 is 1.06 bits per heavy atom. The highest BCUT2D eigenvalue weighted by Gasteiger charge is 2.32. The van der Waals surface area contributed by atoms with E-state index in [1.54, 1.807) is 24.3 Å². The first-order valence-corrected chi connectivity index (χ1v) is 14.3. The Hall–Kier alpha value is -2.14. The average molecular weight is 600 g/mol. The molecular formula is C25H34IN3O4S. The Bertz CT molecular complexity index is 1090. The standard InChI is InChI=1S/C25H34IN3O4S/c1-6-19(4)27-25(31)23(7-2)28(16-20-10-8-9-18(3)15-20)24(30)17-29(34(5,32)33)22-13-11-21(26)12-14-22/h8-15,19,23H,6-7,16-17H2,1-5H3,(H,27,31)/t19-,23-/m1/s1. The lowest BCUT2D eigenvalue weighted by molar-refractivity contribution is -0.140. The number of aryl methyl sites for hydroxylation is 1. The monoisotopic (exact) mass is 599 g/mol. The Balaban J connectivity index is 2.43. The van der Waals surface area contributed by atoms with E-state index in [1.807, 2.05) is 52.0 Å². The van der Waals surface area contributed by atoms with Gasteiger partial charge in [-0.25, -0.2) is 8.42 Å². The molecule has 0 bridgehead atoms. The number of rotatable bonds is 11. The second-order valence-electron chi connectivity index (χ2n) is 8.50. The van der Waals surface area contributed by atoms with E-state index in [4.69, 9.17) is 0 Å². The predicted molar refractivity (Wildman–Crippen MR) is 145 cm³/mol. The summed E-state index contributed by atoms with van der Waals surface area (Å²) in [5, 5.41) is 2.97. The molecule has 9 heteroatoms. The Kier molecular flexibility index (Phi) is 10.4. The third-order valence-corrected chi connectivity index (χ3v) is 7.48. The summed E-state index contributed by atoms with van der Waals surface area (Å²) in [5.41, 5.74) is 2.32. The highest BCUT2D eigenvalue weighted by molar-refractivity contribution is 14.1. The summed E-state index contributed by atoms with van der Waals surface area (Å²) in [6, 6.07) is 13.9. The first-order valence-electron chi connectivity index (χ1n) is 11.3. The van der Waals surface area contributed by atoms with Gasteiger partial charge in [-0.15, -0.1) is 0 Å². The molecule has 0 fully saturated rings. The van der Waals surface area contributed by atoms with Gasteiger partial charge in [0.1, 0.15) is 12.6 Å². The molecule has 1 N–H and O–H groups in total. The molecule has 0 unspecified atom stereocenters. The largest absolute Gasteiger partial charge is 0.352 e. The van der Waals surface area contributed by atoms with Crippen LogP contribution in [0.15, 0.2) is 48.5 Å². The first kappa shape index (κ1) is 28.1. The molecule has 2 atom stereocenters. The molecule has 2 aromatic rings. The fourth-order valence-electron chi connectivity index (χ4n) is 3.59. The summed E-state index contributed by atoms with van der Waals surface area (Å²) in [5.74, 6) is -0.672. The quantitative estimate of drug-likeness (QED) is 0.395. The van der Waals surface area contributed by atoms with Crippen LogP contribution < -0.4 is 9.62 Å². The molecule has 34 heavy (non-hydrogen) atoms. The second kappa shape index (κ2) is 12.5. The maximum Gasteiger partial charge on any atom is 0.244 e. The van der Waals surface area contributed by atoms with Crippen LogP contribution in [0.1, 0.15) is 44.7 Å². The smallest absolute Gasteiger partial charge is 0.244 e. The van der Waals surface area contributed by atoms with Crippen molar-refractivity contribution in [2.75, 3.05) is 17.1 Å². The van der Waals surface area contributed by atoms with Crippen molar-refractivity contribution in [3.05, 3.63) is 63.2 Å². The molecule has 186 valence electrons. The fraction of sp³-hybridized carbons (Fsp3) is 0.440. The van der Waals surface area contributed by atoms with Crippen molar-refractivity contribution in [2.45, 2.75) is 59.2 Å². The summed E-state index contributed by atoms with van der Waals surface area (Å²) in [4.78, 5) is 28.2. The van der Waals surface area contributed by atoms with E-state index in [9.17, 15) is 18.0 Å². The van der Waals surface area contributed by atoms with E-state index < -0.39 is 28.5 Å². The topological polar surface area (TPSA) is 86.8 Å². The van der Waals surface area contributed by atoms with E-state index in [2.05, 4.69) is 27.9 Å². The number of nitrogens with zero attached hydrogens (tertiary/aromatic N) is 2. The maximum absolute atomic E-state index is 13.6. The van der Waals surface area contributed by atoms with Crippen molar-refractivity contribution in [2.24, 2.45) is 0 Å². The van der Waals surface area contributed by atoms with E-state index in [-0.39, 0.29) is 18.5 Å². The molecule has 7 nitrogen and oxygen atoms in total. The number of hydrogen-bond donors (Lipinski definition) is 1. The van der Waals surface area contributed by atoms with Gasteiger partial charge in [0.15, 0.2) is 0 Å². The Labute approximate surface area is 217 Å². The van der Waals surface area contributed by atoms with Gasteiger partial charge in [0.25, 0.3) is 0 Å². The minimum Gasteiger partial charge on any atom is -0.352 e. The van der Waals surface area contributed by atoms with Crippen LogP contribution in [0, 0.1) is 10.5 Å². The van der Waals surface area contributed by atoms with Gasteiger partial charge < -0.3 is 10.2 Å². The van der Waals surface area contributed by atoms with Crippen LogP contribution in [-0.4, -0.2) is 50.0 Å². The normalized spacial score (nSPS) is 13.1. The summed E-state index contributed by atoms with van der Waals surface area (Å²) < 4.78 is 27.3. The zero-order valence-corrected chi connectivity index (χ0v) is 23.4. The molecule has 0 aromatic heterocycles. The summed E-state index contributed by atoms with van der Waals surface area (Å²) in [6.07, 6.45) is 2.25. The SMILES string of the molecule is CC[C@@H](C)NC(=O)[C@@H](CC)N(Cc1cccc(C)c1)C(=O)CN(c1ccc(I)cc1)S(C)(=O)=O. The van der Waals surface area contributed by atoms with Crippen LogP contribution in [0.4, 0.5) is 5.69 Å². The van der Waals surface area contributed by atoms with E-state index in [0.29, 0.717) is 12.1 Å². The van der Waals surface area contributed by atoms with Crippen LogP contribution in [0.5, 0.6) is 0 Å². The number of nitrogens with one attached hydrogen (secondary N) is 1. The van der Waals surface area contributed by atoms with Crippen LogP contribution in [0.25, 0.3) is 0 Å². The number of benzene rings is 2. The van der Waals surface area contributed by atoms with Gasteiger partial charge in [-0.3, -0.25) is 13.9 Å². The van der Waals surface area contributed by atoms with Gasteiger partial charge in [0.2, 0.25) is 21.8 Å². The third-order valence-electron chi connectivity index (χ3n) is 5.62. The number of carbonyl (C=O) groups excluding carboxylic acids is 2. The summed E-state index contributed by atoms with van der Waals surface area (Å²) in [6.45, 7) is 7.53. The highest BCUT2D eigenvalue weighted by Crippen LogP contribution is 2.21. The average Bonchev–Trinajstić information content (AvgIpc) is 2.77. The predicted octanol–water partition coefficient (Wildman–Crippen LogP) is 4.09. The van der Waals surface area contributed by atoms with Gasteiger partial charge in [-0.05, 0) is 79.1 Å². The lowest BCUT2D eigenvalue weighted by Gasteiger charge is -2.33. The maximum atomic E-state index is 13.6. The van der Waals surface area contributed by atoms with Crippen LogP contribution in [0.2, 0.25) is 0 Å². The molecule has 2 amide bonds. The Morgan fingerprint density at radius 3 is 2.24 bits per heavy atom. The number of hydrogen-bond acceptors (Lipinski definition) is 4. The zero-order chi connectivity index (χ0) is 25.5. The molecule has 0 heterocycles. The number of sulfonamides is 1. The molecule has 0 spiro atoms. The zero-order valence-electron chi connectivity index (χ0n) is 20.4. The lowest BCUT2D eigenvalue weighted by atomic mass is 10.1. The van der Waals surface area contributed by atoms with Gasteiger partial charge >= 0.3 is 0 Å². The van der Waals surface area contributed by atoms with Crippen molar-refractivity contribution in [1.29, 1.82) is 0 Å². The third kappa shape index (κ3) is 7.97. The number of carbonyl (C=O) groups is 2. The van der Waals surface area contributed by atoms with Gasteiger partial charge in [0, 0.05) is 16.2 Å². The number of amides is 2. The molecular weight excluding hydrogens is 565 g/mol. The Morgan fingerprint density at radius 2 is 1.71 bits per heavy atom. The van der Waals surface area contributed by atoms with E-state index in [1.165, 1.54) is 4.90 Å². The lowest BCUT2D eigenvalue weighted by Crippen LogP contribution is -2.53. The van der Waals surface area contributed by atoms with E-state index in [0.717, 1.165) is 31.7 Å². The van der Waals surface area contributed by atoms with Crippen molar-refractivity contribution in [3.63, 3.8) is 0 Å². The highest BCUT2D eigenvalue weighted by atomic mass is 127. The van der Waals surface area contributed by atoms with Gasteiger partial charge in [-0.1, -0.05) is 43.7 Å². The van der Waals surface area contributed by atoms with Crippen molar-refractivity contribution in [3.8, 4) is 0 Å². The van der Waals surface area contributed by atoms with E-state index >= 15 is 0 Å². The van der Waals surface area contributed by atoms with Gasteiger partial charge in [0.05, 0.1) is 11.9 Å². The van der Waals surface area contributed by atoms with Crippen molar-refractivity contribution in [1.82, 2.24) is 10.2 Å². The summed E-state index contributed by atoms with van der Waals surface area (Å²) >= 11 is 2.14. The molecule has 0 saturated heterocycles. The molecule has 2 rings (SSSR count). The molecule has 0 aliphatic heterocycles. The minimum absolute atomic E-state index is 0.0308. The van der Waals surface area contributed by atoms with Crippen LogP contribution >= 0.6 is 22.6 Å². The second-order valence-corrected chi connectivity index (χ2v) is 11.7. The van der Waals surface area contributed by atoms with Crippen molar-refractivity contribution >= 4 is 50.1 Å². The molecule has 0 saturated carbocycles. The first-order chi connectivity index (χ1) is 16.0. The van der Waals surface area contributed by atoms with Gasteiger partial charge in [-0.2, -0.15) is 0 Å². The molecule has 0 aliphatic rings. The fourth-order valence-corrected chi connectivity index (χ4v) is 4.80. The van der Waals surface area contributed by atoms with Crippen LogP contribution in [0.3, 0.4) is 0 Å².